The van der Waals surface area contributed by atoms with Crippen LogP contribution >= 0.6 is 11.3 Å². The average Bonchev–Trinajstić information content (AvgIpc) is 2.88. The Kier molecular flexibility index (Phi) is 2.04. The Morgan fingerprint density at radius 3 is 3.06 bits per heavy atom. The van der Waals surface area contributed by atoms with Gasteiger partial charge in [0.05, 0.1) is 17.6 Å². The number of anilines is 1. The van der Waals surface area contributed by atoms with Crippen LogP contribution in [0.1, 0.15) is 5.56 Å². The lowest BCUT2D eigenvalue weighted by atomic mass is 10.1. The molecule has 3 rings (SSSR count). The van der Waals surface area contributed by atoms with E-state index in [2.05, 4.69) is 11.1 Å². The molecule has 0 N–H and O–H groups in total. The average molecular weight is 230 g/mol. The lowest BCUT2D eigenvalue weighted by molar-refractivity contribution is -0.117. The van der Waals surface area contributed by atoms with Crippen molar-refractivity contribution in [3.63, 3.8) is 0 Å². The number of likely N-dealkylation sites (N-methyl/N-ethyl adjacent to an activating group) is 1. The van der Waals surface area contributed by atoms with E-state index in [0.717, 1.165) is 22.5 Å². The van der Waals surface area contributed by atoms with Crippen molar-refractivity contribution >= 4 is 22.9 Å². The molecule has 2 heterocycles. The number of hydrogen-bond donors (Lipinski definition) is 0. The highest BCUT2D eigenvalue weighted by molar-refractivity contribution is 7.07. The Morgan fingerprint density at radius 1 is 1.44 bits per heavy atom. The van der Waals surface area contributed by atoms with Crippen LogP contribution in [0.25, 0.3) is 11.3 Å². The molecule has 0 atom stereocenters. The van der Waals surface area contributed by atoms with Crippen molar-refractivity contribution in [3.8, 4) is 11.3 Å². The Bertz CT molecular complexity index is 548. The summed E-state index contributed by atoms with van der Waals surface area (Å²) in [6.07, 6.45) is 0.504. The first kappa shape index (κ1) is 9.54. The van der Waals surface area contributed by atoms with Gasteiger partial charge in [-0.3, -0.25) is 4.79 Å². The van der Waals surface area contributed by atoms with Crippen molar-refractivity contribution in [1.82, 2.24) is 4.98 Å². The molecule has 1 aromatic heterocycles. The maximum atomic E-state index is 11.5. The van der Waals surface area contributed by atoms with Crippen molar-refractivity contribution in [2.45, 2.75) is 6.42 Å². The highest BCUT2D eigenvalue weighted by atomic mass is 32.1. The molecule has 1 aromatic carbocycles. The Balaban J connectivity index is 2.08. The molecule has 0 aliphatic carbocycles. The number of amides is 1. The van der Waals surface area contributed by atoms with Crippen molar-refractivity contribution in [2.24, 2.45) is 0 Å². The number of benzene rings is 1. The van der Waals surface area contributed by atoms with E-state index >= 15 is 0 Å². The van der Waals surface area contributed by atoms with E-state index in [4.69, 9.17) is 0 Å². The minimum Gasteiger partial charge on any atom is -0.315 e. The number of carbonyl (C=O) groups is 1. The predicted molar refractivity (Wildman–Crippen MR) is 64.7 cm³/mol. The van der Waals surface area contributed by atoms with E-state index in [9.17, 15) is 4.79 Å². The Hall–Kier alpha value is -1.68. The third-order valence-corrected chi connectivity index (χ3v) is 3.47. The van der Waals surface area contributed by atoms with Gasteiger partial charge in [-0.05, 0) is 17.7 Å². The number of rotatable bonds is 1. The van der Waals surface area contributed by atoms with Crippen LogP contribution in [-0.4, -0.2) is 17.9 Å². The zero-order chi connectivity index (χ0) is 11.1. The maximum Gasteiger partial charge on any atom is 0.231 e. The fraction of sp³-hybridized carbons (Fsp3) is 0.167. The third kappa shape index (κ3) is 1.34. The van der Waals surface area contributed by atoms with Gasteiger partial charge < -0.3 is 4.90 Å². The first-order valence-corrected chi connectivity index (χ1v) is 5.98. The van der Waals surface area contributed by atoms with Crippen LogP contribution in [0.5, 0.6) is 0 Å². The lowest BCUT2D eigenvalue weighted by Crippen LogP contribution is -2.20. The monoisotopic (exact) mass is 230 g/mol. The van der Waals surface area contributed by atoms with Gasteiger partial charge in [-0.25, -0.2) is 4.98 Å². The van der Waals surface area contributed by atoms with Crippen molar-refractivity contribution in [2.75, 3.05) is 11.9 Å². The summed E-state index contributed by atoms with van der Waals surface area (Å²) in [5, 5.41) is 2.02. The van der Waals surface area contributed by atoms with Crippen molar-refractivity contribution in [1.29, 1.82) is 0 Å². The van der Waals surface area contributed by atoms with Gasteiger partial charge in [0.2, 0.25) is 5.91 Å². The van der Waals surface area contributed by atoms with Crippen molar-refractivity contribution < 1.29 is 4.79 Å². The van der Waals surface area contributed by atoms with E-state index in [-0.39, 0.29) is 5.91 Å². The van der Waals surface area contributed by atoms with Gasteiger partial charge in [-0.15, -0.1) is 11.3 Å². The number of aromatic nitrogens is 1. The molecule has 0 spiro atoms. The number of hydrogen-bond acceptors (Lipinski definition) is 3. The summed E-state index contributed by atoms with van der Waals surface area (Å²) in [4.78, 5) is 17.5. The highest BCUT2D eigenvalue weighted by Crippen LogP contribution is 2.31. The Labute approximate surface area is 97.4 Å². The number of fused-ring (bicyclic) bond motifs is 1. The normalized spacial score (nSPS) is 14.3. The van der Waals surface area contributed by atoms with Crippen LogP contribution in [-0.2, 0) is 11.2 Å². The molecular formula is C12H10N2OS. The zero-order valence-electron chi connectivity index (χ0n) is 8.80. The number of nitrogens with zero attached hydrogens (tertiary/aromatic N) is 2. The fourth-order valence-corrected chi connectivity index (χ4v) is 2.55. The maximum absolute atomic E-state index is 11.5. The summed E-state index contributed by atoms with van der Waals surface area (Å²) >= 11 is 1.58. The standard InChI is InChI=1S/C12H10N2OS/c1-14-11-3-2-8(10-6-16-7-13-10)4-9(11)5-12(14)15/h2-4,6-7H,5H2,1H3. The molecule has 0 fully saturated rings. The minimum atomic E-state index is 0.158. The number of thiazole rings is 1. The van der Waals surface area contributed by atoms with Crippen LogP contribution in [0.15, 0.2) is 29.1 Å². The van der Waals surface area contributed by atoms with Gasteiger partial charge in [0.1, 0.15) is 0 Å². The summed E-state index contributed by atoms with van der Waals surface area (Å²) in [6, 6.07) is 6.07. The molecule has 0 saturated carbocycles. The van der Waals surface area contributed by atoms with Gasteiger partial charge in [0.15, 0.2) is 0 Å². The SMILES string of the molecule is CN1C(=O)Cc2cc(-c3cscn3)ccc21. The lowest BCUT2D eigenvalue weighted by Gasteiger charge is -2.09. The van der Waals surface area contributed by atoms with E-state index in [1.807, 2.05) is 30.1 Å². The van der Waals surface area contributed by atoms with Crippen LogP contribution in [0, 0.1) is 0 Å². The van der Waals surface area contributed by atoms with Gasteiger partial charge in [0, 0.05) is 23.7 Å². The molecule has 16 heavy (non-hydrogen) atoms. The molecule has 1 aliphatic rings. The largest absolute Gasteiger partial charge is 0.315 e. The summed E-state index contributed by atoms with van der Waals surface area (Å²) in [5.41, 5.74) is 6.00. The molecular weight excluding hydrogens is 220 g/mol. The van der Waals surface area contributed by atoms with Crippen LogP contribution in [0.4, 0.5) is 5.69 Å². The zero-order valence-corrected chi connectivity index (χ0v) is 9.62. The smallest absolute Gasteiger partial charge is 0.231 e. The van der Waals surface area contributed by atoms with Gasteiger partial charge in [-0.1, -0.05) is 6.07 Å². The van der Waals surface area contributed by atoms with Crippen LogP contribution < -0.4 is 4.90 Å². The van der Waals surface area contributed by atoms with Crippen molar-refractivity contribution in [3.05, 3.63) is 34.7 Å². The van der Waals surface area contributed by atoms with E-state index < -0.39 is 0 Å². The third-order valence-electron chi connectivity index (χ3n) is 2.88. The topological polar surface area (TPSA) is 33.2 Å². The molecule has 0 radical (unpaired) electrons. The second kappa shape index (κ2) is 3.42. The predicted octanol–water partition coefficient (Wildman–Crippen LogP) is 2.33. The molecule has 1 amide bonds. The fourth-order valence-electron chi connectivity index (χ4n) is 1.98. The van der Waals surface area contributed by atoms with Crippen LogP contribution in [0.3, 0.4) is 0 Å². The molecule has 4 heteroatoms. The van der Waals surface area contributed by atoms with Gasteiger partial charge in [0.25, 0.3) is 0 Å². The number of carbonyl (C=O) groups excluding carboxylic acids is 1. The van der Waals surface area contributed by atoms with E-state index in [1.54, 1.807) is 16.2 Å². The summed E-state index contributed by atoms with van der Waals surface area (Å²) < 4.78 is 0. The quantitative estimate of drug-likeness (QED) is 0.753. The molecule has 3 nitrogen and oxygen atoms in total. The summed E-state index contributed by atoms with van der Waals surface area (Å²) in [7, 11) is 1.82. The molecule has 2 aromatic rings. The second-order valence-corrected chi connectivity index (χ2v) is 4.57. The highest BCUT2D eigenvalue weighted by Gasteiger charge is 2.23. The first-order valence-electron chi connectivity index (χ1n) is 5.04. The minimum absolute atomic E-state index is 0.158. The van der Waals surface area contributed by atoms with E-state index in [1.165, 1.54) is 0 Å². The van der Waals surface area contributed by atoms with E-state index in [0.29, 0.717) is 6.42 Å². The summed E-state index contributed by atoms with van der Waals surface area (Å²) in [6.45, 7) is 0. The second-order valence-electron chi connectivity index (χ2n) is 3.85. The van der Waals surface area contributed by atoms with Crippen LogP contribution in [0.2, 0.25) is 0 Å². The summed E-state index contributed by atoms with van der Waals surface area (Å²) in [5.74, 6) is 0.158. The van der Waals surface area contributed by atoms with Gasteiger partial charge >= 0.3 is 0 Å². The molecule has 0 bridgehead atoms. The van der Waals surface area contributed by atoms with Gasteiger partial charge in [-0.2, -0.15) is 0 Å². The molecule has 0 unspecified atom stereocenters. The Morgan fingerprint density at radius 2 is 2.31 bits per heavy atom. The molecule has 1 aliphatic heterocycles. The molecule has 0 saturated heterocycles. The first-order chi connectivity index (χ1) is 7.75. The molecule has 80 valence electrons.